The van der Waals surface area contributed by atoms with Gasteiger partial charge in [0.25, 0.3) is 0 Å². The molecule has 0 bridgehead atoms. The van der Waals surface area contributed by atoms with Crippen LogP contribution in [0.25, 0.3) is 0 Å². The first kappa shape index (κ1) is 11.1. The molecule has 2 nitrogen and oxygen atoms in total. The second-order valence-corrected chi connectivity index (χ2v) is 4.00. The Hall–Kier alpha value is -1.36. The second kappa shape index (κ2) is 4.65. The molecule has 0 atom stereocenters. The summed E-state index contributed by atoms with van der Waals surface area (Å²) in [5.74, 6) is -0.659. The molecule has 16 heavy (non-hydrogen) atoms. The maximum absolute atomic E-state index is 13.2. The summed E-state index contributed by atoms with van der Waals surface area (Å²) in [7, 11) is 0. The third kappa shape index (κ3) is 2.24. The van der Waals surface area contributed by atoms with E-state index >= 15 is 0 Å². The Balaban J connectivity index is 2.14. The lowest BCUT2D eigenvalue weighted by molar-refractivity contribution is 0.513. The van der Waals surface area contributed by atoms with E-state index in [-0.39, 0.29) is 12.2 Å². The third-order valence-electron chi connectivity index (χ3n) is 2.08. The van der Waals surface area contributed by atoms with Gasteiger partial charge in [0.2, 0.25) is 0 Å². The van der Waals surface area contributed by atoms with Gasteiger partial charge in [-0.15, -0.1) is 0 Å². The van der Waals surface area contributed by atoms with Crippen LogP contribution in [0.15, 0.2) is 39.4 Å². The van der Waals surface area contributed by atoms with Gasteiger partial charge < -0.3 is 9.73 Å². The van der Waals surface area contributed by atoms with E-state index in [0.29, 0.717) is 5.76 Å². The smallest absolute Gasteiger partial charge is 0.149 e. The zero-order valence-corrected chi connectivity index (χ0v) is 9.72. The SMILES string of the molecule is Fc1cccc(F)c1NCc1occc1Br. The molecular formula is C11H8BrF2NO. The Bertz CT molecular complexity index is 478. The van der Waals surface area contributed by atoms with Crippen LogP contribution in [0.3, 0.4) is 0 Å². The van der Waals surface area contributed by atoms with Crippen molar-refractivity contribution in [2.45, 2.75) is 6.54 Å². The molecule has 1 N–H and O–H groups in total. The van der Waals surface area contributed by atoms with Gasteiger partial charge in [0.15, 0.2) is 0 Å². The van der Waals surface area contributed by atoms with E-state index < -0.39 is 11.6 Å². The largest absolute Gasteiger partial charge is 0.466 e. The standard InChI is InChI=1S/C11H8BrF2NO/c12-7-4-5-16-10(7)6-15-11-8(13)2-1-3-9(11)14/h1-5,15H,6H2. The van der Waals surface area contributed by atoms with Crippen molar-refractivity contribution in [3.8, 4) is 0 Å². The van der Waals surface area contributed by atoms with Crippen molar-refractivity contribution in [2.75, 3.05) is 5.32 Å². The first-order valence-electron chi connectivity index (χ1n) is 4.58. The second-order valence-electron chi connectivity index (χ2n) is 3.14. The van der Waals surface area contributed by atoms with Gasteiger partial charge in [-0.3, -0.25) is 0 Å². The summed E-state index contributed by atoms with van der Waals surface area (Å²) in [5, 5.41) is 2.65. The fourth-order valence-electron chi connectivity index (χ4n) is 1.29. The van der Waals surface area contributed by atoms with Crippen LogP contribution in [-0.2, 0) is 6.54 Å². The summed E-state index contributed by atoms with van der Waals surface area (Å²) in [6.45, 7) is 0.214. The van der Waals surface area contributed by atoms with E-state index in [9.17, 15) is 8.78 Å². The van der Waals surface area contributed by atoms with Crippen LogP contribution in [0.4, 0.5) is 14.5 Å². The van der Waals surface area contributed by atoms with Crippen molar-refractivity contribution in [3.05, 3.63) is 52.4 Å². The minimum Gasteiger partial charge on any atom is -0.466 e. The average Bonchev–Trinajstić information content (AvgIpc) is 2.64. The highest BCUT2D eigenvalue weighted by Gasteiger charge is 2.09. The molecular weight excluding hydrogens is 280 g/mol. The number of halogens is 3. The van der Waals surface area contributed by atoms with Crippen molar-refractivity contribution in [2.24, 2.45) is 0 Å². The molecule has 0 unspecified atom stereocenters. The zero-order chi connectivity index (χ0) is 11.5. The van der Waals surface area contributed by atoms with E-state index in [0.717, 1.165) is 4.47 Å². The molecule has 84 valence electrons. The maximum atomic E-state index is 13.2. The van der Waals surface area contributed by atoms with Crippen LogP contribution in [0, 0.1) is 11.6 Å². The van der Waals surface area contributed by atoms with Crippen molar-refractivity contribution >= 4 is 21.6 Å². The molecule has 1 aromatic heterocycles. The lowest BCUT2D eigenvalue weighted by Gasteiger charge is -2.07. The van der Waals surface area contributed by atoms with Gasteiger partial charge in [-0.05, 0) is 34.1 Å². The average molecular weight is 288 g/mol. The van der Waals surface area contributed by atoms with E-state index in [1.54, 1.807) is 6.07 Å². The molecule has 1 aromatic carbocycles. The summed E-state index contributed by atoms with van der Waals surface area (Å²) < 4.78 is 32.3. The summed E-state index contributed by atoms with van der Waals surface area (Å²) in [5.41, 5.74) is -0.147. The first-order valence-corrected chi connectivity index (χ1v) is 5.37. The molecule has 0 aliphatic carbocycles. The zero-order valence-electron chi connectivity index (χ0n) is 8.14. The monoisotopic (exact) mass is 287 g/mol. The molecule has 5 heteroatoms. The first-order chi connectivity index (χ1) is 7.68. The van der Waals surface area contributed by atoms with Gasteiger partial charge >= 0.3 is 0 Å². The van der Waals surface area contributed by atoms with Crippen LogP contribution < -0.4 is 5.32 Å². The molecule has 2 rings (SSSR count). The minimum atomic E-state index is -0.623. The number of hydrogen-bond donors (Lipinski definition) is 1. The summed E-state index contributed by atoms with van der Waals surface area (Å²) in [6.07, 6.45) is 1.50. The van der Waals surface area contributed by atoms with Crippen molar-refractivity contribution < 1.29 is 13.2 Å². The van der Waals surface area contributed by atoms with Crippen LogP contribution in [0.2, 0.25) is 0 Å². The summed E-state index contributed by atoms with van der Waals surface area (Å²) >= 11 is 3.26. The highest BCUT2D eigenvalue weighted by atomic mass is 79.9. The third-order valence-corrected chi connectivity index (χ3v) is 2.79. The minimum absolute atomic E-state index is 0.147. The number of anilines is 1. The topological polar surface area (TPSA) is 25.2 Å². The predicted molar refractivity (Wildman–Crippen MR) is 60.1 cm³/mol. The number of para-hydroxylation sites is 1. The molecule has 2 aromatic rings. The molecule has 0 amide bonds. The Morgan fingerprint density at radius 2 is 1.88 bits per heavy atom. The van der Waals surface area contributed by atoms with Crippen LogP contribution in [-0.4, -0.2) is 0 Å². The molecule has 0 saturated carbocycles. The van der Waals surface area contributed by atoms with Crippen molar-refractivity contribution in [3.63, 3.8) is 0 Å². The fraction of sp³-hybridized carbons (Fsp3) is 0.0909. The van der Waals surface area contributed by atoms with Gasteiger partial charge in [-0.25, -0.2) is 8.78 Å². The maximum Gasteiger partial charge on any atom is 0.149 e. The normalized spacial score (nSPS) is 10.4. The van der Waals surface area contributed by atoms with E-state index in [2.05, 4.69) is 21.2 Å². The molecule has 1 heterocycles. The Labute approximate surface area is 99.4 Å². The Morgan fingerprint density at radius 3 is 2.44 bits per heavy atom. The number of nitrogens with one attached hydrogen (secondary N) is 1. The quantitative estimate of drug-likeness (QED) is 0.925. The number of benzene rings is 1. The Morgan fingerprint density at radius 1 is 1.19 bits per heavy atom. The van der Waals surface area contributed by atoms with Gasteiger partial charge in [-0.2, -0.15) is 0 Å². The van der Waals surface area contributed by atoms with E-state index in [4.69, 9.17) is 4.42 Å². The highest BCUT2D eigenvalue weighted by molar-refractivity contribution is 9.10. The lowest BCUT2D eigenvalue weighted by Crippen LogP contribution is -2.03. The Kier molecular flexibility index (Phi) is 3.24. The number of rotatable bonds is 3. The summed E-state index contributed by atoms with van der Waals surface area (Å²) in [4.78, 5) is 0. The van der Waals surface area contributed by atoms with Gasteiger partial charge in [0.1, 0.15) is 23.1 Å². The van der Waals surface area contributed by atoms with Crippen LogP contribution >= 0.6 is 15.9 Å². The molecule has 0 radical (unpaired) electrons. The van der Waals surface area contributed by atoms with Crippen molar-refractivity contribution in [1.82, 2.24) is 0 Å². The fourth-order valence-corrected chi connectivity index (χ4v) is 1.63. The molecule has 0 fully saturated rings. The predicted octanol–water partition coefficient (Wildman–Crippen LogP) is 3.93. The van der Waals surface area contributed by atoms with Crippen LogP contribution in [0.5, 0.6) is 0 Å². The van der Waals surface area contributed by atoms with Gasteiger partial charge in [0, 0.05) is 0 Å². The van der Waals surface area contributed by atoms with Gasteiger partial charge in [0.05, 0.1) is 17.3 Å². The van der Waals surface area contributed by atoms with Crippen molar-refractivity contribution in [1.29, 1.82) is 0 Å². The molecule has 0 aliphatic heterocycles. The van der Waals surface area contributed by atoms with Gasteiger partial charge in [-0.1, -0.05) is 6.07 Å². The summed E-state index contributed by atoms with van der Waals surface area (Å²) in [6, 6.07) is 5.43. The molecule has 0 saturated heterocycles. The number of furan rings is 1. The number of hydrogen-bond acceptors (Lipinski definition) is 2. The lowest BCUT2D eigenvalue weighted by atomic mass is 10.3. The van der Waals surface area contributed by atoms with E-state index in [1.807, 2.05) is 0 Å². The highest BCUT2D eigenvalue weighted by Crippen LogP contribution is 2.22. The van der Waals surface area contributed by atoms with Crippen LogP contribution in [0.1, 0.15) is 5.76 Å². The molecule has 0 spiro atoms. The van der Waals surface area contributed by atoms with E-state index in [1.165, 1.54) is 24.5 Å². The molecule has 0 aliphatic rings.